The lowest BCUT2D eigenvalue weighted by molar-refractivity contribution is 0.315. The summed E-state index contributed by atoms with van der Waals surface area (Å²) in [5.74, 6) is 1.14. The number of halogens is 1. The van der Waals surface area contributed by atoms with Crippen molar-refractivity contribution in [2.24, 2.45) is 17.6 Å². The van der Waals surface area contributed by atoms with Crippen LogP contribution in [-0.2, 0) is 6.54 Å². The summed E-state index contributed by atoms with van der Waals surface area (Å²) in [4.78, 5) is 2.68. The van der Waals surface area contributed by atoms with E-state index in [1.54, 1.807) is 12.1 Å². The number of rotatable bonds is 3. The van der Waals surface area contributed by atoms with E-state index in [2.05, 4.69) is 18.7 Å². The van der Waals surface area contributed by atoms with Gasteiger partial charge in [0, 0.05) is 25.2 Å². The molecule has 0 amide bonds. The standard InChI is InChI=1S/C14H19FN2S/c1-9-6-17(7-10(9)2)8-11-5-12(15)3-4-13(11)14(16)18/h3-5,9-10H,6-8H2,1-2H3,(H2,16,18). The van der Waals surface area contributed by atoms with Gasteiger partial charge in [0.25, 0.3) is 0 Å². The first-order valence-electron chi connectivity index (χ1n) is 6.28. The van der Waals surface area contributed by atoms with E-state index < -0.39 is 0 Å². The highest BCUT2D eigenvalue weighted by molar-refractivity contribution is 7.80. The van der Waals surface area contributed by atoms with Gasteiger partial charge in [0.2, 0.25) is 0 Å². The van der Waals surface area contributed by atoms with Gasteiger partial charge in [-0.3, -0.25) is 4.90 Å². The monoisotopic (exact) mass is 266 g/mol. The Kier molecular flexibility index (Phi) is 3.97. The van der Waals surface area contributed by atoms with Gasteiger partial charge in [-0.05, 0) is 35.6 Å². The van der Waals surface area contributed by atoms with Crippen molar-refractivity contribution in [2.45, 2.75) is 20.4 Å². The third kappa shape index (κ3) is 2.87. The lowest BCUT2D eigenvalue weighted by atomic mass is 10.0. The molecule has 0 aromatic heterocycles. The Morgan fingerprint density at radius 3 is 2.56 bits per heavy atom. The van der Waals surface area contributed by atoms with Crippen LogP contribution >= 0.6 is 12.2 Å². The summed E-state index contributed by atoms with van der Waals surface area (Å²) in [6.07, 6.45) is 0. The first-order valence-corrected chi connectivity index (χ1v) is 6.68. The molecule has 0 radical (unpaired) electrons. The van der Waals surface area contributed by atoms with E-state index in [0.717, 1.165) is 30.8 Å². The van der Waals surface area contributed by atoms with Gasteiger partial charge in [-0.1, -0.05) is 26.1 Å². The van der Waals surface area contributed by atoms with E-state index >= 15 is 0 Å². The quantitative estimate of drug-likeness (QED) is 0.853. The number of likely N-dealkylation sites (tertiary alicyclic amines) is 1. The zero-order valence-electron chi connectivity index (χ0n) is 10.8. The Hall–Kier alpha value is -1.00. The van der Waals surface area contributed by atoms with Crippen LogP contribution in [0.25, 0.3) is 0 Å². The molecule has 1 saturated heterocycles. The molecular weight excluding hydrogens is 247 g/mol. The Bertz CT molecular complexity index is 451. The normalized spacial score (nSPS) is 24.4. The summed E-state index contributed by atoms with van der Waals surface area (Å²) in [6.45, 7) is 7.33. The van der Waals surface area contributed by atoms with E-state index in [4.69, 9.17) is 18.0 Å². The Balaban J connectivity index is 2.18. The first-order chi connectivity index (χ1) is 8.47. The van der Waals surface area contributed by atoms with Crippen LogP contribution in [0.4, 0.5) is 4.39 Å². The van der Waals surface area contributed by atoms with Crippen LogP contribution in [0.2, 0.25) is 0 Å². The molecule has 1 heterocycles. The molecule has 1 aromatic rings. The number of thiocarbonyl (C=S) groups is 1. The molecule has 1 fully saturated rings. The SMILES string of the molecule is CC1CN(Cc2cc(F)ccc2C(N)=S)CC1C. The number of nitrogens with zero attached hydrogens (tertiary/aromatic N) is 1. The van der Waals surface area contributed by atoms with Gasteiger partial charge in [-0.25, -0.2) is 4.39 Å². The van der Waals surface area contributed by atoms with Crippen LogP contribution < -0.4 is 5.73 Å². The van der Waals surface area contributed by atoms with Crippen LogP contribution in [0.5, 0.6) is 0 Å². The average Bonchev–Trinajstić information content (AvgIpc) is 2.57. The fourth-order valence-electron chi connectivity index (χ4n) is 2.55. The van der Waals surface area contributed by atoms with Crippen molar-refractivity contribution in [3.63, 3.8) is 0 Å². The van der Waals surface area contributed by atoms with E-state index in [9.17, 15) is 4.39 Å². The molecule has 98 valence electrons. The molecule has 1 aliphatic heterocycles. The number of benzene rings is 1. The minimum absolute atomic E-state index is 0.231. The molecule has 2 unspecified atom stereocenters. The van der Waals surface area contributed by atoms with E-state index in [1.165, 1.54) is 6.07 Å². The predicted molar refractivity (Wildman–Crippen MR) is 75.9 cm³/mol. The maximum absolute atomic E-state index is 13.3. The Labute approximate surface area is 113 Å². The molecule has 0 saturated carbocycles. The fourth-order valence-corrected chi connectivity index (χ4v) is 2.75. The highest BCUT2D eigenvalue weighted by Crippen LogP contribution is 2.24. The third-order valence-corrected chi connectivity index (χ3v) is 4.01. The summed E-state index contributed by atoms with van der Waals surface area (Å²) in [7, 11) is 0. The Morgan fingerprint density at radius 2 is 2.00 bits per heavy atom. The van der Waals surface area contributed by atoms with Crippen molar-refractivity contribution >= 4 is 17.2 Å². The second-order valence-electron chi connectivity index (χ2n) is 5.31. The Morgan fingerprint density at radius 1 is 1.39 bits per heavy atom. The molecule has 18 heavy (non-hydrogen) atoms. The molecule has 2 N–H and O–H groups in total. The van der Waals surface area contributed by atoms with Crippen LogP contribution in [-0.4, -0.2) is 23.0 Å². The fraction of sp³-hybridized carbons (Fsp3) is 0.500. The van der Waals surface area contributed by atoms with Crippen LogP contribution in [0.3, 0.4) is 0 Å². The van der Waals surface area contributed by atoms with Gasteiger partial charge >= 0.3 is 0 Å². The molecule has 0 aliphatic carbocycles. The zero-order valence-corrected chi connectivity index (χ0v) is 11.6. The van der Waals surface area contributed by atoms with E-state index in [1.807, 2.05) is 0 Å². The second-order valence-corrected chi connectivity index (χ2v) is 5.75. The molecule has 0 bridgehead atoms. The van der Waals surface area contributed by atoms with Crippen molar-refractivity contribution in [1.82, 2.24) is 4.90 Å². The lowest BCUT2D eigenvalue weighted by Crippen LogP contribution is -2.23. The van der Waals surface area contributed by atoms with Crippen molar-refractivity contribution in [3.05, 3.63) is 35.1 Å². The van der Waals surface area contributed by atoms with Crippen LogP contribution in [0.15, 0.2) is 18.2 Å². The van der Waals surface area contributed by atoms with Gasteiger partial charge < -0.3 is 5.73 Å². The summed E-state index contributed by atoms with van der Waals surface area (Å²) in [5.41, 5.74) is 7.37. The molecule has 1 aliphatic rings. The molecule has 4 heteroatoms. The van der Waals surface area contributed by atoms with Gasteiger partial charge in [-0.15, -0.1) is 0 Å². The largest absolute Gasteiger partial charge is 0.389 e. The van der Waals surface area contributed by atoms with Crippen molar-refractivity contribution in [1.29, 1.82) is 0 Å². The topological polar surface area (TPSA) is 29.3 Å². The number of hydrogen-bond acceptors (Lipinski definition) is 2. The number of hydrogen-bond donors (Lipinski definition) is 1. The summed E-state index contributed by atoms with van der Waals surface area (Å²) >= 11 is 5.02. The van der Waals surface area contributed by atoms with Gasteiger partial charge in [-0.2, -0.15) is 0 Å². The third-order valence-electron chi connectivity index (χ3n) is 3.79. The summed E-state index contributed by atoms with van der Waals surface area (Å²) in [5, 5.41) is 0. The molecule has 0 spiro atoms. The maximum atomic E-state index is 13.3. The van der Waals surface area contributed by atoms with Crippen molar-refractivity contribution in [3.8, 4) is 0 Å². The van der Waals surface area contributed by atoms with Gasteiger partial charge in [0.1, 0.15) is 10.8 Å². The molecule has 2 rings (SSSR count). The van der Waals surface area contributed by atoms with Crippen LogP contribution in [0.1, 0.15) is 25.0 Å². The van der Waals surface area contributed by atoms with Crippen molar-refractivity contribution < 1.29 is 4.39 Å². The summed E-state index contributed by atoms with van der Waals surface area (Å²) in [6, 6.07) is 4.63. The van der Waals surface area contributed by atoms with E-state index in [-0.39, 0.29) is 5.82 Å². The van der Waals surface area contributed by atoms with Gasteiger partial charge in [0.05, 0.1) is 0 Å². The first kappa shape index (κ1) is 13.4. The molecule has 2 nitrogen and oxygen atoms in total. The molecule has 2 atom stereocenters. The molecular formula is C14H19FN2S. The average molecular weight is 266 g/mol. The minimum atomic E-state index is -0.231. The van der Waals surface area contributed by atoms with Crippen molar-refractivity contribution in [2.75, 3.05) is 13.1 Å². The summed E-state index contributed by atoms with van der Waals surface area (Å²) < 4.78 is 13.3. The zero-order chi connectivity index (χ0) is 13.3. The molecule has 1 aromatic carbocycles. The van der Waals surface area contributed by atoms with E-state index in [0.29, 0.717) is 16.8 Å². The lowest BCUT2D eigenvalue weighted by Gasteiger charge is -2.17. The van der Waals surface area contributed by atoms with Gasteiger partial charge in [0.15, 0.2) is 0 Å². The predicted octanol–water partition coefficient (Wildman–Crippen LogP) is 2.55. The highest BCUT2D eigenvalue weighted by Gasteiger charge is 2.26. The smallest absolute Gasteiger partial charge is 0.123 e. The highest BCUT2D eigenvalue weighted by atomic mass is 32.1. The minimum Gasteiger partial charge on any atom is -0.389 e. The van der Waals surface area contributed by atoms with Crippen LogP contribution in [0, 0.1) is 17.7 Å². The second kappa shape index (κ2) is 5.33. The maximum Gasteiger partial charge on any atom is 0.123 e. The number of nitrogens with two attached hydrogens (primary N) is 1.